The normalized spacial score (nSPS) is 16.2. The highest BCUT2D eigenvalue weighted by Gasteiger charge is 2.14. The predicted octanol–water partition coefficient (Wildman–Crippen LogP) is 4.30. The summed E-state index contributed by atoms with van der Waals surface area (Å²) in [5.74, 6) is -0.0709. The smallest absolute Gasteiger partial charge is 0.251 e. The van der Waals surface area contributed by atoms with Gasteiger partial charge in [0.25, 0.3) is 5.91 Å². The molecule has 2 aromatic carbocycles. The molecule has 0 aliphatic carbocycles. The van der Waals surface area contributed by atoms with Gasteiger partial charge in [-0.05, 0) is 61.4 Å². The van der Waals surface area contributed by atoms with Gasteiger partial charge in [0, 0.05) is 18.7 Å². The van der Waals surface area contributed by atoms with Crippen molar-refractivity contribution in [2.24, 2.45) is 0 Å². The molecule has 1 aliphatic rings. The molecule has 1 saturated heterocycles. The molecule has 1 atom stereocenters. The maximum absolute atomic E-state index is 12.4. The first-order valence-electron chi connectivity index (χ1n) is 9.27. The lowest BCUT2D eigenvalue weighted by atomic mass is 9.98. The first kappa shape index (κ1) is 18.2. The van der Waals surface area contributed by atoms with Crippen molar-refractivity contribution < 1.29 is 9.53 Å². The Bertz CT molecular complexity index is 789. The molecule has 0 aromatic heterocycles. The van der Waals surface area contributed by atoms with Gasteiger partial charge >= 0.3 is 0 Å². The van der Waals surface area contributed by atoms with E-state index in [1.165, 1.54) is 12.8 Å². The maximum Gasteiger partial charge on any atom is 0.251 e. The molecular formula is C22H24N2O2. The molecule has 0 spiro atoms. The molecule has 0 radical (unpaired) electrons. The van der Waals surface area contributed by atoms with Gasteiger partial charge in [-0.25, -0.2) is 0 Å². The zero-order chi connectivity index (χ0) is 18.2. The number of hydrogen-bond donors (Lipinski definition) is 1. The van der Waals surface area contributed by atoms with Gasteiger partial charge in [-0.15, -0.1) is 0 Å². The lowest BCUT2D eigenvalue weighted by Crippen LogP contribution is -2.24. The van der Waals surface area contributed by atoms with Crippen LogP contribution in [-0.4, -0.2) is 25.2 Å². The minimum absolute atomic E-state index is 0.0709. The van der Waals surface area contributed by atoms with E-state index in [2.05, 4.69) is 11.4 Å². The Hall–Kier alpha value is -2.64. The largest absolute Gasteiger partial charge is 0.378 e. The molecule has 3 rings (SSSR count). The van der Waals surface area contributed by atoms with E-state index < -0.39 is 0 Å². The Morgan fingerprint density at radius 3 is 2.88 bits per heavy atom. The standard InChI is InChI=1S/C22H24N2O2/c23-16-19-7-1-2-12-21(19)17-8-5-9-18(15-17)22(25)24-13-4-3-10-20-11-6-14-26-20/h1-2,5,7-9,12,15,20H,3-4,6,10-11,13-14H2,(H,24,25)/t20-/m1/s1. The number of carbonyl (C=O) groups excluding carboxylic acids is 1. The van der Waals surface area contributed by atoms with Crippen molar-refractivity contribution in [1.29, 1.82) is 5.26 Å². The van der Waals surface area contributed by atoms with E-state index >= 15 is 0 Å². The van der Waals surface area contributed by atoms with Crippen molar-refractivity contribution in [3.63, 3.8) is 0 Å². The van der Waals surface area contributed by atoms with Crippen molar-refractivity contribution in [2.45, 2.75) is 38.2 Å². The molecule has 1 fully saturated rings. The summed E-state index contributed by atoms with van der Waals surface area (Å²) in [6.45, 7) is 1.57. The third kappa shape index (κ3) is 4.71. The molecule has 4 nitrogen and oxygen atoms in total. The monoisotopic (exact) mass is 348 g/mol. The first-order chi connectivity index (χ1) is 12.8. The fourth-order valence-electron chi connectivity index (χ4n) is 3.33. The lowest BCUT2D eigenvalue weighted by molar-refractivity contribution is 0.0947. The highest BCUT2D eigenvalue weighted by Crippen LogP contribution is 2.24. The third-order valence-electron chi connectivity index (χ3n) is 4.75. The van der Waals surface area contributed by atoms with Gasteiger partial charge in [-0.2, -0.15) is 5.26 Å². The molecule has 0 unspecified atom stereocenters. The summed E-state index contributed by atoms with van der Waals surface area (Å²) in [5, 5.41) is 12.3. The van der Waals surface area contributed by atoms with Gasteiger partial charge < -0.3 is 10.1 Å². The molecule has 1 N–H and O–H groups in total. The molecule has 4 heteroatoms. The second-order valence-corrected chi connectivity index (χ2v) is 6.62. The van der Waals surface area contributed by atoms with E-state index in [0.29, 0.717) is 23.8 Å². The highest BCUT2D eigenvalue weighted by atomic mass is 16.5. The van der Waals surface area contributed by atoms with Gasteiger partial charge in [-0.3, -0.25) is 4.79 Å². The number of hydrogen-bond acceptors (Lipinski definition) is 3. The number of nitriles is 1. The van der Waals surface area contributed by atoms with Crippen LogP contribution in [0.15, 0.2) is 48.5 Å². The van der Waals surface area contributed by atoms with E-state index in [9.17, 15) is 10.1 Å². The molecule has 1 heterocycles. The van der Waals surface area contributed by atoms with Crippen LogP contribution in [0, 0.1) is 11.3 Å². The second-order valence-electron chi connectivity index (χ2n) is 6.62. The number of nitrogens with one attached hydrogen (secondary N) is 1. The summed E-state index contributed by atoms with van der Waals surface area (Å²) < 4.78 is 5.61. The van der Waals surface area contributed by atoms with E-state index in [0.717, 1.165) is 37.0 Å². The van der Waals surface area contributed by atoms with Crippen LogP contribution in [0.3, 0.4) is 0 Å². The molecule has 26 heavy (non-hydrogen) atoms. The van der Waals surface area contributed by atoms with Gasteiger partial charge in [0.05, 0.1) is 17.7 Å². The summed E-state index contributed by atoms with van der Waals surface area (Å²) in [5.41, 5.74) is 2.96. The van der Waals surface area contributed by atoms with Crippen LogP contribution in [0.2, 0.25) is 0 Å². The summed E-state index contributed by atoms with van der Waals surface area (Å²) >= 11 is 0. The fraction of sp³-hybridized carbons (Fsp3) is 0.364. The van der Waals surface area contributed by atoms with Crippen LogP contribution in [-0.2, 0) is 4.74 Å². The Labute approximate surface area is 154 Å². The number of ether oxygens (including phenoxy) is 1. The van der Waals surface area contributed by atoms with Crippen LogP contribution >= 0.6 is 0 Å². The highest BCUT2D eigenvalue weighted by molar-refractivity contribution is 5.95. The Balaban J connectivity index is 1.54. The van der Waals surface area contributed by atoms with Gasteiger partial charge in [0.15, 0.2) is 0 Å². The van der Waals surface area contributed by atoms with Crippen molar-refractivity contribution in [3.05, 3.63) is 59.7 Å². The summed E-state index contributed by atoms with van der Waals surface area (Å²) in [7, 11) is 0. The minimum atomic E-state index is -0.0709. The van der Waals surface area contributed by atoms with Crippen molar-refractivity contribution in [1.82, 2.24) is 5.32 Å². The minimum Gasteiger partial charge on any atom is -0.378 e. The topological polar surface area (TPSA) is 62.1 Å². The quantitative estimate of drug-likeness (QED) is 0.759. The van der Waals surface area contributed by atoms with E-state index in [1.807, 2.05) is 36.4 Å². The average molecular weight is 348 g/mol. The Morgan fingerprint density at radius 2 is 2.08 bits per heavy atom. The number of carbonyl (C=O) groups is 1. The van der Waals surface area contributed by atoms with E-state index in [-0.39, 0.29) is 5.91 Å². The molecule has 1 aliphatic heterocycles. The lowest BCUT2D eigenvalue weighted by Gasteiger charge is -2.10. The number of unbranched alkanes of at least 4 members (excludes halogenated alkanes) is 1. The maximum atomic E-state index is 12.4. The Kier molecular flexibility index (Phi) is 6.40. The average Bonchev–Trinajstić information content (AvgIpc) is 3.21. The van der Waals surface area contributed by atoms with Crippen LogP contribution in [0.5, 0.6) is 0 Å². The van der Waals surface area contributed by atoms with Crippen LogP contribution in [0.25, 0.3) is 11.1 Å². The van der Waals surface area contributed by atoms with E-state index in [1.54, 1.807) is 12.1 Å². The van der Waals surface area contributed by atoms with Crippen molar-refractivity contribution >= 4 is 5.91 Å². The number of benzene rings is 2. The number of amides is 1. The van der Waals surface area contributed by atoms with Gasteiger partial charge in [0.1, 0.15) is 0 Å². The fourth-order valence-corrected chi connectivity index (χ4v) is 3.33. The first-order valence-corrected chi connectivity index (χ1v) is 9.27. The van der Waals surface area contributed by atoms with E-state index in [4.69, 9.17) is 4.74 Å². The predicted molar refractivity (Wildman–Crippen MR) is 102 cm³/mol. The van der Waals surface area contributed by atoms with Crippen LogP contribution in [0.4, 0.5) is 0 Å². The summed E-state index contributed by atoms with van der Waals surface area (Å²) in [6, 6.07) is 17.1. The third-order valence-corrected chi connectivity index (χ3v) is 4.75. The molecule has 1 amide bonds. The second kappa shape index (κ2) is 9.17. The Morgan fingerprint density at radius 1 is 1.19 bits per heavy atom. The zero-order valence-corrected chi connectivity index (χ0v) is 14.9. The molecular weight excluding hydrogens is 324 g/mol. The van der Waals surface area contributed by atoms with Crippen molar-refractivity contribution in [3.8, 4) is 17.2 Å². The molecule has 134 valence electrons. The van der Waals surface area contributed by atoms with Gasteiger partial charge in [-0.1, -0.05) is 30.3 Å². The molecule has 0 saturated carbocycles. The van der Waals surface area contributed by atoms with Crippen molar-refractivity contribution in [2.75, 3.05) is 13.2 Å². The SMILES string of the molecule is N#Cc1ccccc1-c1cccc(C(=O)NCCCC[C@@H]2CCCO2)c1. The van der Waals surface area contributed by atoms with Gasteiger partial charge in [0.2, 0.25) is 0 Å². The summed E-state index contributed by atoms with van der Waals surface area (Å²) in [4.78, 5) is 12.4. The molecule has 0 bridgehead atoms. The summed E-state index contributed by atoms with van der Waals surface area (Å²) in [6.07, 6.45) is 5.87. The zero-order valence-electron chi connectivity index (χ0n) is 14.9. The van der Waals surface area contributed by atoms with Crippen LogP contribution in [0.1, 0.15) is 48.0 Å². The number of nitrogens with zero attached hydrogens (tertiary/aromatic N) is 1. The molecule has 2 aromatic rings. The van der Waals surface area contributed by atoms with Crippen LogP contribution < -0.4 is 5.32 Å². The number of rotatable bonds is 7.